The molecule has 8 atom stereocenters. The van der Waals surface area contributed by atoms with Crippen molar-refractivity contribution >= 4 is 5.78 Å². The summed E-state index contributed by atoms with van der Waals surface area (Å²) in [6.07, 6.45) is 4.77. The lowest BCUT2D eigenvalue weighted by atomic mass is 9.47. The van der Waals surface area contributed by atoms with Crippen LogP contribution in [0.3, 0.4) is 0 Å². The smallest absolute Gasteiger partial charge is 0.141 e. The Kier molecular flexibility index (Phi) is 3.37. The first-order valence-electron chi connectivity index (χ1n) is 9.06. The van der Waals surface area contributed by atoms with E-state index in [-0.39, 0.29) is 35.6 Å². The number of carbonyl (C=O) groups excluding carboxylic acids is 1. The highest BCUT2D eigenvalue weighted by atomic mass is 16.3. The van der Waals surface area contributed by atoms with E-state index in [1.54, 1.807) is 0 Å². The van der Waals surface area contributed by atoms with Gasteiger partial charge in [0, 0.05) is 17.8 Å². The van der Waals surface area contributed by atoms with Gasteiger partial charge in [-0.3, -0.25) is 4.79 Å². The maximum absolute atomic E-state index is 12.4. The van der Waals surface area contributed by atoms with E-state index in [2.05, 4.69) is 6.92 Å². The standard InChI is InChI=1S/C19H28O4/c1-18-5-3-11(20)7-10(18)8-13(21)16-12(18)4-6-19(2)15(23)9-14(22)17(16)19/h8,11-14,16-17,20-22H,3-7,9H2,1-2H3/t11-,12-,13?,14?,16-,17-,18-,19+/m0/s1. The Hall–Kier alpha value is -0.710. The molecular formula is C19H28O4. The largest absolute Gasteiger partial charge is 0.393 e. The van der Waals surface area contributed by atoms with Gasteiger partial charge in [0.15, 0.2) is 0 Å². The summed E-state index contributed by atoms with van der Waals surface area (Å²) in [6, 6.07) is 0. The van der Waals surface area contributed by atoms with Crippen LogP contribution < -0.4 is 0 Å². The minimum absolute atomic E-state index is 0.00415. The van der Waals surface area contributed by atoms with Crippen LogP contribution >= 0.6 is 0 Å². The van der Waals surface area contributed by atoms with Crippen molar-refractivity contribution in [1.82, 2.24) is 0 Å². The molecule has 2 unspecified atom stereocenters. The lowest BCUT2D eigenvalue weighted by Crippen LogP contribution is -2.56. The third kappa shape index (κ3) is 1.98. The normalized spacial score (nSPS) is 55.7. The van der Waals surface area contributed by atoms with Gasteiger partial charge >= 0.3 is 0 Å². The highest BCUT2D eigenvalue weighted by Gasteiger charge is 2.63. The Bertz CT molecular complexity index is 570. The number of carbonyl (C=O) groups is 1. The molecule has 4 aliphatic carbocycles. The van der Waals surface area contributed by atoms with Crippen LogP contribution in [0.4, 0.5) is 0 Å². The summed E-state index contributed by atoms with van der Waals surface area (Å²) < 4.78 is 0. The van der Waals surface area contributed by atoms with Crippen LogP contribution in [0.2, 0.25) is 0 Å². The van der Waals surface area contributed by atoms with Crippen molar-refractivity contribution in [2.45, 2.75) is 70.7 Å². The fraction of sp³-hybridized carbons (Fsp3) is 0.842. The monoisotopic (exact) mass is 320 g/mol. The van der Waals surface area contributed by atoms with E-state index in [4.69, 9.17) is 0 Å². The van der Waals surface area contributed by atoms with E-state index < -0.39 is 17.6 Å². The number of rotatable bonds is 0. The van der Waals surface area contributed by atoms with Gasteiger partial charge in [-0.15, -0.1) is 0 Å². The van der Waals surface area contributed by atoms with E-state index in [0.29, 0.717) is 12.3 Å². The summed E-state index contributed by atoms with van der Waals surface area (Å²) in [5.74, 6) is 0.285. The Labute approximate surface area is 137 Å². The number of ketones is 1. The molecule has 0 aliphatic heterocycles. The van der Waals surface area contributed by atoms with E-state index in [1.165, 1.54) is 5.57 Å². The Morgan fingerprint density at radius 2 is 1.74 bits per heavy atom. The molecule has 3 fully saturated rings. The predicted octanol–water partition coefficient (Wildman–Crippen LogP) is 1.82. The number of aliphatic hydroxyl groups excluding tert-OH is 3. The van der Waals surface area contributed by atoms with Gasteiger partial charge in [0.1, 0.15) is 5.78 Å². The number of Topliss-reactive ketones (excluding diaryl/α,β-unsaturated/α-hetero) is 1. The van der Waals surface area contributed by atoms with Crippen LogP contribution in [0, 0.1) is 28.6 Å². The zero-order valence-corrected chi connectivity index (χ0v) is 14.0. The van der Waals surface area contributed by atoms with Gasteiger partial charge in [-0.25, -0.2) is 0 Å². The second-order valence-corrected chi connectivity index (χ2v) is 8.86. The summed E-state index contributed by atoms with van der Waals surface area (Å²) in [4.78, 5) is 12.4. The van der Waals surface area contributed by atoms with Gasteiger partial charge in [-0.2, -0.15) is 0 Å². The molecule has 4 aliphatic rings. The van der Waals surface area contributed by atoms with Crippen molar-refractivity contribution < 1.29 is 20.1 Å². The van der Waals surface area contributed by atoms with Crippen LogP contribution in [-0.2, 0) is 4.79 Å². The second-order valence-electron chi connectivity index (χ2n) is 8.86. The molecule has 4 rings (SSSR count). The predicted molar refractivity (Wildman–Crippen MR) is 85.5 cm³/mol. The maximum atomic E-state index is 12.4. The molecule has 0 spiro atoms. The molecule has 4 heteroatoms. The van der Waals surface area contributed by atoms with E-state index >= 15 is 0 Å². The van der Waals surface area contributed by atoms with Crippen molar-refractivity contribution in [3.05, 3.63) is 11.6 Å². The Morgan fingerprint density at radius 3 is 2.48 bits per heavy atom. The van der Waals surface area contributed by atoms with Crippen LogP contribution in [0.15, 0.2) is 11.6 Å². The van der Waals surface area contributed by atoms with Crippen LogP contribution in [0.5, 0.6) is 0 Å². The molecule has 0 heterocycles. The maximum Gasteiger partial charge on any atom is 0.141 e. The molecule has 0 aromatic carbocycles. The topological polar surface area (TPSA) is 77.8 Å². The first-order chi connectivity index (χ1) is 10.8. The molecule has 4 nitrogen and oxygen atoms in total. The average molecular weight is 320 g/mol. The van der Waals surface area contributed by atoms with Crippen molar-refractivity contribution in [2.24, 2.45) is 28.6 Å². The average Bonchev–Trinajstić information content (AvgIpc) is 2.71. The molecule has 0 aromatic heterocycles. The van der Waals surface area contributed by atoms with E-state index in [0.717, 1.165) is 25.7 Å². The lowest BCUT2D eigenvalue weighted by molar-refractivity contribution is -0.138. The summed E-state index contributed by atoms with van der Waals surface area (Å²) in [7, 11) is 0. The first-order valence-corrected chi connectivity index (χ1v) is 9.06. The quantitative estimate of drug-likeness (QED) is 0.595. The van der Waals surface area contributed by atoms with Crippen LogP contribution in [0.25, 0.3) is 0 Å². The van der Waals surface area contributed by atoms with Crippen LogP contribution in [-0.4, -0.2) is 39.4 Å². The highest BCUT2D eigenvalue weighted by Crippen LogP contribution is 2.63. The molecular weight excluding hydrogens is 292 g/mol. The fourth-order valence-corrected chi connectivity index (χ4v) is 6.46. The lowest BCUT2D eigenvalue weighted by Gasteiger charge is -2.58. The number of hydrogen-bond acceptors (Lipinski definition) is 4. The minimum Gasteiger partial charge on any atom is -0.393 e. The SMILES string of the molecule is C[C@]12CC[C@H](O)CC1=CC(O)[C@@H]1[C@@H]2CC[C@]2(C)C(=O)CC(O)[C@@H]12. The van der Waals surface area contributed by atoms with Gasteiger partial charge in [0.05, 0.1) is 18.3 Å². The minimum atomic E-state index is -0.623. The van der Waals surface area contributed by atoms with Gasteiger partial charge in [-0.05, 0) is 49.4 Å². The zero-order valence-electron chi connectivity index (χ0n) is 14.0. The Morgan fingerprint density at radius 1 is 1.04 bits per heavy atom. The third-order valence-corrected chi connectivity index (χ3v) is 7.81. The molecule has 0 bridgehead atoms. The molecule has 0 amide bonds. The second kappa shape index (κ2) is 4.90. The number of aliphatic hydroxyl groups is 3. The van der Waals surface area contributed by atoms with Gasteiger partial charge < -0.3 is 15.3 Å². The summed E-state index contributed by atoms with van der Waals surface area (Å²) in [5, 5.41) is 31.4. The molecule has 0 radical (unpaired) electrons. The van der Waals surface area contributed by atoms with Gasteiger partial charge in [-0.1, -0.05) is 25.5 Å². The van der Waals surface area contributed by atoms with Gasteiger partial charge in [0.2, 0.25) is 0 Å². The third-order valence-electron chi connectivity index (χ3n) is 7.81. The van der Waals surface area contributed by atoms with E-state index in [1.807, 2.05) is 13.0 Å². The van der Waals surface area contributed by atoms with Crippen molar-refractivity contribution in [2.75, 3.05) is 0 Å². The first kappa shape index (κ1) is 15.8. The summed E-state index contributed by atoms with van der Waals surface area (Å²) in [5.41, 5.74) is 0.709. The number of fused-ring (bicyclic) bond motifs is 5. The molecule has 0 aromatic rings. The van der Waals surface area contributed by atoms with Crippen LogP contribution in [0.1, 0.15) is 52.4 Å². The summed E-state index contributed by atoms with van der Waals surface area (Å²) in [6.45, 7) is 4.26. The fourth-order valence-electron chi connectivity index (χ4n) is 6.46. The van der Waals surface area contributed by atoms with E-state index in [9.17, 15) is 20.1 Å². The Balaban J connectivity index is 1.77. The molecule has 3 saturated carbocycles. The van der Waals surface area contributed by atoms with Crippen molar-refractivity contribution in [1.29, 1.82) is 0 Å². The molecule has 23 heavy (non-hydrogen) atoms. The summed E-state index contributed by atoms with van der Waals surface area (Å²) >= 11 is 0. The van der Waals surface area contributed by atoms with Crippen molar-refractivity contribution in [3.63, 3.8) is 0 Å². The van der Waals surface area contributed by atoms with Crippen molar-refractivity contribution in [3.8, 4) is 0 Å². The molecule has 3 N–H and O–H groups in total. The zero-order chi connectivity index (χ0) is 16.6. The van der Waals surface area contributed by atoms with Gasteiger partial charge in [0.25, 0.3) is 0 Å². The molecule has 0 saturated heterocycles. The number of hydrogen-bond donors (Lipinski definition) is 3. The molecule has 128 valence electrons. The highest BCUT2D eigenvalue weighted by molar-refractivity contribution is 5.88.